The minimum absolute atomic E-state index is 0.603. The molecule has 0 aliphatic heterocycles. The second kappa shape index (κ2) is 7.25. The lowest BCUT2D eigenvalue weighted by Gasteiger charge is -2.00. The zero-order chi connectivity index (χ0) is 16.9. The molecule has 3 heteroatoms. The molecule has 1 aromatic heterocycles. The first-order chi connectivity index (χ1) is 11.7. The predicted octanol–water partition coefficient (Wildman–Crippen LogP) is 5.75. The van der Waals surface area contributed by atoms with Crippen molar-refractivity contribution in [2.75, 3.05) is 0 Å². The molecule has 0 spiro atoms. The van der Waals surface area contributed by atoms with E-state index in [0.29, 0.717) is 5.57 Å². The van der Waals surface area contributed by atoms with Crippen LogP contribution in [0.1, 0.15) is 28.6 Å². The lowest BCUT2D eigenvalue weighted by Crippen LogP contribution is -1.85. The summed E-state index contributed by atoms with van der Waals surface area (Å²) >= 11 is 1.51. The maximum atomic E-state index is 9.53. The summed E-state index contributed by atoms with van der Waals surface area (Å²) in [6.07, 6.45) is 2.94. The van der Waals surface area contributed by atoms with Gasteiger partial charge in [-0.3, -0.25) is 0 Å². The average Bonchev–Trinajstić information content (AvgIpc) is 3.11. The first kappa shape index (κ1) is 16.2. The van der Waals surface area contributed by atoms with Gasteiger partial charge >= 0.3 is 0 Å². The second-order valence-corrected chi connectivity index (χ2v) is 6.47. The fourth-order valence-corrected chi connectivity index (χ4v) is 3.28. The predicted molar refractivity (Wildman–Crippen MR) is 102 cm³/mol. The summed E-state index contributed by atoms with van der Waals surface area (Å²) in [6, 6.07) is 18.8. The summed E-state index contributed by atoms with van der Waals surface area (Å²) < 4.78 is 0. The topological polar surface area (TPSA) is 36.7 Å². The van der Waals surface area contributed by atoms with Gasteiger partial charge in [-0.25, -0.2) is 4.98 Å². The van der Waals surface area contributed by atoms with Crippen molar-refractivity contribution in [1.82, 2.24) is 4.98 Å². The molecule has 2 nitrogen and oxygen atoms in total. The van der Waals surface area contributed by atoms with E-state index in [9.17, 15) is 5.26 Å². The molecule has 0 fully saturated rings. The third kappa shape index (κ3) is 3.45. The van der Waals surface area contributed by atoms with E-state index in [1.165, 1.54) is 16.9 Å². The van der Waals surface area contributed by atoms with Crippen molar-refractivity contribution in [3.8, 4) is 17.3 Å². The Kier molecular flexibility index (Phi) is 4.88. The second-order valence-electron chi connectivity index (χ2n) is 5.61. The minimum atomic E-state index is 0.603. The van der Waals surface area contributed by atoms with Crippen LogP contribution in [0.5, 0.6) is 0 Å². The summed E-state index contributed by atoms with van der Waals surface area (Å²) in [5.74, 6) is 0. The quantitative estimate of drug-likeness (QED) is 0.571. The Morgan fingerprint density at radius 3 is 2.58 bits per heavy atom. The van der Waals surface area contributed by atoms with Crippen molar-refractivity contribution in [3.63, 3.8) is 0 Å². The Morgan fingerprint density at radius 2 is 1.92 bits per heavy atom. The summed E-state index contributed by atoms with van der Waals surface area (Å²) in [4.78, 5) is 4.66. The number of rotatable bonds is 4. The van der Waals surface area contributed by atoms with Crippen molar-refractivity contribution >= 4 is 23.0 Å². The Morgan fingerprint density at radius 1 is 1.17 bits per heavy atom. The van der Waals surface area contributed by atoms with Crippen molar-refractivity contribution in [1.29, 1.82) is 5.26 Å². The largest absolute Gasteiger partial charge is 0.235 e. The summed E-state index contributed by atoms with van der Waals surface area (Å²) in [7, 11) is 0. The molecule has 0 bridgehead atoms. The first-order valence-electron chi connectivity index (χ1n) is 7.94. The molecule has 0 amide bonds. The van der Waals surface area contributed by atoms with Gasteiger partial charge in [0.25, 0.3) is 0 Å². The molecule has 2 aromatic carbocycles. The monoisotopic (exact) mass is 330 g/mol. The maximum absolute atomic E-state index is 9.53. The summed E-state index contributed by atoms with van der Waals surface area (Å²) in [5.41, 5.74) is 6.12. The highest BCUT2D eigenvalue weighted by Gasteiger charge is 2.09. The molecular formula is C21H18N2S. The summed E-state index contributed by atoms with van der Waals surface area (Å²) in [6.45, 7) is 4.19. The van der Waals surface area contributed by atoms with Gasteiger partial charge < -0.3 is 0 Å². The Bertz CT molecular complexity index is 912. The fourth-order valence-electron chi connectivity index (χ4n) is 2.49. The fraction of sp³-hybridized carbons (Fsp3) is 0.143. The Balaban J connectivity index is 1.93. The van der Waals surface area contributed by atoms with E-state index in [1.54, 1.807) is 0 Å². The molecule has 0 N–H and O–H groups in total. The van der Waals surface area contributed by atoms with Gasteiger partial charge in [0.2, 0.25) is 0 Å². The highest BCUT2D eigenvalue weighted by Crippen LogP contribution is 2.28. The molecular weight excluding hydrogens is 312 g/mol. The number of nitrogens with zero attached hydrogens (tertiary/aromatic N) is 2. The van der Waals surface area contributed by atoms with E-state index >= 15 is 0 Å². The lowest BCUT2D eigenvalue weighted by atomic mass is 10.1. The van der Waals surface area contributed by atoms with Gasteiger partial charge in [-0.15, -0.1) is 11.3 Å². The number of thiazole rings is 1. The molecule has 0 radical (unpaired) electrons. The zero-order valence-electron chi connectivity index (χ0n) is 13.8. The molecule has 0 aliphatic rings. The minimum Gasteiger partial charge on any atom is -0.235 e. The SMILES string of the molecule is CCc1ccc(-c2csc(/C(C#N)=C/c3ccccc3C)n2)cc1. The van der Waals surface area contributed by atoms with Crippen molar-refractivity contribution in [2.45, 2.75) is 20.3 Å². The van der Waals surface area contributed by atoms with Gasteiger partial charge in [0, 0.05) is 10.9 Å². The van der Waals surface area contributed by atoms with Crippen LogP contribution in [0.4, 0.5) is 0 Å². The van der Waals surface area contributed by atoms with Crippen LogP contribution in [0.15, 0.2) is 53.9 Å². The third-order valence-corrected chi connectivity index (χ3v) is 4.88. The smallest absolute Gasteiger partial charge is 0.134 e. The van der Waals surface area contributed by atoms with Crippen molar-refractivity contribution < 1.29 is 0 Å². The van der Waals surface area contributed by atoms with Gasteiger partial charge in [0.1, 0.15) is 11.1 Å². The molecule has 118 valence electrons. The van der Waals surface area contributed by atoms with E-state index in [0.717, 1.165) is 33.8 Å². The highest BCUT2D eigenvalue weighted by atomic mass is 32.1. The molecule has 0 saturated heterocycles. The molecule has 0 aliphatic carbocycles. The van der Waals surface area contributed by atoms with E-state index in [4.69, 9.17) is 0 Å². The van der Waals surface area contributed by atoms with Crippen molar-refractivity contribution in [3.05, 3.63) is 75.6 Å². The molecule has 3 rings (SSSR count). The van der Waals surface area contributed by atoms with Gasteiger partial charge in [-0.05, 0) is 36.1 Å². The number of nitriles is 1. The van der Waals surface area contributed by atoms with Crippen LogP contribution < -0.4 is 0 Å². The van der Waals surface area contributed by atoms with Crippen LogP contribution in [-0.2, 0) is 6.42 Å². The van der Waals surface area contributed by atoms with Crippen LogP contribution >= 0.6 is 11.3 Å². The molecule has 1 heterocycles. The van der Waals surface area contributed by atoms with Gasteiger partial charge in [-0.2, -0.15) is 5.26 Å². The number of allylic oxidation sites excluding steroid dienone is 1. The first-order valence-corrected chi connectivity index (χ1v) is 8.82. The van der Waals surface area contributed by atoms with E-state index in [-0.39, 0.29) is 0 Å². The van der Waals surface area contributed by atoms with Crippen LogP contribution in [0.2, 0.25) is 0 Å². The average molecular weight is 330 g/mol. The third-order valence-electron chi connectivity index (χ3n) is 4.00. The number of aromatic nitrogens is 1. The normalized spacial score (nSPS) is 11.3. The van der Waals surface area contributed by atoms with E-state index in [1.807, 2.05) is 42.6 Å². The van der Waals surface area contributed by atoms with E-state index in [2.05, 4.69) is 42.2 Å². The molecule has 24 heavy (non-hydrogen) atoms. The standard InChI is InChI=1S/C21H18N2S/c1-3-16-8-10-17(11-9-16)20-14-24-21(23-20)19(13-22)12-18-7-5-4-6-15(18)2/h4-12,14H,3H2,1-2H3/b19-12+. The molecule has 0 atom stereocenters. The highest BCUT2D eigenvalue weighted by molar-refractivity contribution is 7.11. The van der Waals surface area contributed by atoms with E-state index < -0.39 is 0 Å². The maximum Gasteiger partial charge on any atom is 0.134 e. The van der Waals surface area contributed by atoms with Gasteiger partial charge in [-0.1, -0.05) is 55.5 Å². The van der Waals surface area contributed by atoms with Gasteiger partial charge in [0.15, 0.2) is 0 Å². The van der Waals surface area contributed by atoms with Gasteiger partial charge in [0.05, 0.1) is 11.3 Å². The number of hydrogen-bond acceptors (Lipinski definition) is 3. The van der Waals surface area contributed by atoms with Crippen LogP contribution in [0.25, 0.3) is 22.9 Å². The Labute approximate surface area is 146 Å². The van der Waals surface area contributed by atoms with Crippen molar-refractivity contribution in [2.24, 2.45) is 0 Å². The molecule has 3 aromatic rings. The summed E-state index contributed by atoms with van der Waals surface area (Å²) in [5, 5.41) is 12.3. The molecule has 0 unspecified atom stereocenters. The van der Waals surface area contributed by atoms with Crippen LogP contribution in [-0.4, -0.2) is 4.98 Å². The lowest BCUT2D eigenvalue weighted by molar-refractivity contribution is 1.14. The molecule has 0 saturated carbocycles. The van der Waals surface area contributed by atoms with Crippen LogP contribution in [0.3, 0.4) is 0 Å². The number of hydrogen-bond donors (Lipinski definition) is 0. The Hall–Kier alpha value is -2.70. The number of aryl methyl sites for hydroxylation is 2. The zero-order valence-corrected chi connectivity index (χ0v) is 14.6. The van der Waals surface area contributed by atoms with Crippen LogP contribution in [0, 0.1) is 18.3 Å². The number of benzene rings is 2.